The van der Waals surface area contributed by atoms with Crippen LogP contribution in [0.5, 0.6) is 0 Å². The van der Waals surface area contributed by atoms with Gasteiger partial charge in [0.15, 0.2) is 12.2 Å². The number of benzene rings is 2. The SMILES string of the molecule is O=C(OC1C2OC(=O)C3C2SC1C3C(=O)OC(CS(=O)(=O)O)(C(F)(F)F)C(F)(F)F)C1CC2c3ccccc3C1c1ccccc12. The van der Waals surface area contributed by atoms with Crippen molar-refractivity contribution >= 4 is 39.8 Å². The molecule has 2 aromatic rings. The second kappa shape index (κ2) is 10.1. The summed E-state index contributed by atoms with van der Waals surface area (Å²) in [6.07, 6.45) is -15.3. The summed E-state index contributed by atoms with van der Waals surface area (Å²) in [6, 6.07) is 15.1. The highest BCUT2D eigenvalue weighted by molar-refractivity contribution is 8.01. The predicted molar refractivity (Wildman–Crippen MR) is 144 cm³/mol. The van der Waals surface area contributed by atoms with E-state index in [1.165, 1.54) is 0 Å². The molecule has 1 N–H and O–H groups in total. The number of hydrogen-bond donors (Lipinski definition) is 1. The summed E-state index contributed by atoms with van der Waals surface area (Å²) in [7, 11) is -6.02. The summed E-state index contributed by atoms with van der Waals surface area (Å²) in [6.45, 7) is 0. The summed E-state index contributed by atoms with van der Waals surface area (Å²) in [5, 5.41) is -2.29. The molecule has 0 spiro atoms. The zero-order valence-corrected chi connectivity index (χ0v) is 24.7. The van der Waals surface area contributed by atoms with Crippen molar-refractivity contribution in [1.82, 2.24) is 0 Å². The molecule has 17 heteroatoms. The lowest BCUT2D eigenvalue weighted by Gasteiger charge is -2.44. The number of thioether (sulfide) groups is 1. The molecule has 246 valence electrons. The quantitative estimate of drug-likeness (QED) is 0.204. The maximum absolute atomic E-state index is 13.9. The largest absolute Gasteiger partial charge is 0.457 e. The van der Waals surface area contributed by atoms with E-state index in [1.807, 2.05) is 48.5 Å². The van der Waals surface area contributed by atoms with Crippen molar-refractivity contribution < 1.29 is 67.9 Å². The standard InChI is InChI=1S/C29H22F6O9S2/c30-28(31,32)27(29(33,34)35,10-46(39,40)41)44-26(38)19-18-22-21(43-25(18)37)20(23(19)45-22)42-24(36)16-9-15-11-5-1-3-7-13(11)17(16)14-8-4-2-6-12(14)15/h1-8,15-23H,9-10H2,(H,39,40,41). The first-order valence-electron chi connectivity index (χ1n) is 14.0. The zero-order chi connectivity index (χ0) is 33.1. The third-order valence-corrected chi connectivity index (χ3v) is 12.1. The van der Waals surface area contributed by atoms with Gasteiger partial charge in [0, 0.05) is 11.8 Å². The number of esters is 3. The van der Waals surface area contributed by atoms with E-state index in [4.69, 9.17) is 14.0 Å². The smallest absolute Gasteiger partial charge is 0.438 e. The number of carbonyl (C=O) groups is 3. The molecule has 3 aliphatic heterocycles. The van der Waals surface area contributed by atoms with E-state index >= 15 is 0 Å². The van der Waals surface area contributed by atoms with Gasteiger partial charge in [0.2, 0.25) is 0 Å². The number of ether oxygens (including phenoxy) is 3. The summed E-state index contributed by atoms with van der Waals surface area (Å²) >= 11 is 0.840. The maximum Gasteiger partial charge on any atom is 0.438 e. The van der Waals surface area contributed by atoms with Crippen molar-refractivity contribution in [1.29, 1.82) is 0 Å². The van der Waals surface area contributed by atoms with Crippen molar-refractivity contribution in [2.24, 2.45) is 17.8 Å². The fourth-order valence-corrected chi connectivity index (χ4v) is 10.7. The van der Waals surface area contributed by atoms with E-state index in [-0.39, 0.29) is 5.92 Å². The lowest BCUT2D eigenvalue weighted by Crippen LogP contribution is -2.64. The van der Waals surface area contributed by atoms with Crippen molar-refractivity contribution in [2.45, 2.75) is 58.9 Å². The normalized spacial score (nSPS) is 32.5. The van der Waals surface area contributed by atoms with Gasteiger partial charge in [-0.1, -0.05) is 48.5 Å². The van der Waals surface area contributed by atoms with E-state index < -0.39 is 98.1 Å². The highest BCUT2D eigenvalue weighted by Crippen LogP contribution is 2.61. The molecular weight excluding hydrogens is 670 g/mol. The number of alkyl halides is 6. The number of rotatable bonds is 6. The van der Waals surface area contributed by atoms with Crippen LogP contribution in [0.4, 0.5) is 26.3 Å². The van der Waals surface area contributed by atoms with Crippen LogP contribution in [-0.4, -0.2) is 77.3 Å². The molecule has 3 aliphatic carbocycles. The van der Waals surface area contributed by atoms with Gasteiger partial charge in [-0.15, -0.1) is 11.8 Å². The first-order chi connectivity index (χ1) is 21.4. The van der Waals surface area contributed by atoms with E-state index in [2.05, 4.69) is 4.74 Å². The van der Waals surface area contributed by atoms with E-state index in [1.54, 1.807) is 0 Å². The minimum atomic E-state index is -6.54. The summed E-state index contributed by atoms with van der Waals surface area (Å²) < 4.78 is 130. The maximum atomic E-state index is 13.9. The van der Waals surface area contributed by atoms with Gasteiger partial charge in [0.1, 0.15) is 5.75 Å². The first kappa shape index (κ1) is 31.3. The van der Waals surface area contributed by atoms with Gasteiger partial charge in [-0.25, -0.2) is 0 Å². The van der Waals surface area contributed by atoms with E-state index in [0.29, 0.717) is 6.42 Å². The minimum absolute atomic E-state index is 0.151. The average molecular weight is 693 g/mol. The van der Waals surface area contributed by atoms with Crippen molar-refractivity contribution in [2.75, 3.05) is 5.75 Å². The molecule has 0 amide bonds. The van der Waals surface area contributed by atoms with Gasteiger partial charge in [-0.05, 0) is 28.7 Å². The monoisotopic (exact) mass is 692 g/mol. The molecule has 0 aromatic heterocycles. The molecule has 6 aliphatic rings. The molecular formula is C29H22F6O9S2. The zero-order valence-electron chi connectivity index (χ0n) is 23.0. The lowest BCUT2D eigenvalue weighted by atomic mass is 9.59. The average Bonchev–Trinajstić information content (AvgIpc) is 3.59. The van der Waals surface area contributed by atoms with Crippen molar-refractivity contribution in [3.8, 4) is 0 Å². The Kier molecular flexibility index (Phi) is 6.87. The number of hydrogen-bond acceptors (Lipinski definition) is 9. The van der Waals surface area contributed by atoms with Crippen LogP contribution in [0.1, 0.15) is 40.5 Å². The molecule has 0 radical (unpaired) electrons. The number of carbonyl (C=O) groups excluding carboxylic acids is 3. The van der Waals surface area contributed by atoms with E-state index in [9.17, 15) is 49.1 Å². The van der Waals surface area contributed by atoms with Crippen LogP contribution < -0.4 is 0 Å². The van der Waals surface area contributed by atoms with Crippen LogP contribution in [-0.2, 0) is 38.7 Å². The molecule has 4 bridgehead atoms. The molecule has 3 heterocycles. The summed E-state index contributed by atoms with van der Waals surface area (Å²) in [4.78, 5) is 39.8. The Morgan fingerprint density at radius 3 is 1.96 bits per heavy atom. The van der Waals surface area contributed by atoms with Crippen LogP contribution in [0.25, 0.3) is 0 Å². The van der Waals surface area contributed by atoms with Gasteiger partial charge in [0.05, 0.1) is 28.3 Å². The summed E-state index contributed by atoms with van der Waals surface area (Å²) in [5.74, 6) is -11.9. The number of fused-ring (bicyclic) bond motifs is 2. The van der Waals surface area contributed by atoms with Crippen LogP contribution in [0.2, 0.25) is 0 Å². The highest BCUT2D eigenvalue weighted by atomic mass is 32.2. The summed E-state index contributed by atoms with van der Waals surface area (Å²) in [5.41, 5.74) is -1.74. The Morgan fingerprint density at radius 2 is 1.43 bits per heavy atom. The molecule has 3 saturated heterocycles. The minimum Gasteiger partial charge on any atom is -0.457 e. The predicted octanol–water partition coefficient (Wildman–Crippen LogP) is 4.15. The van der Waals surface area contributed by atoms with E-state index in [0.717, 1.165) is 34.0 Å². The van der Waals surface area contributed by atoms with Crippen molar-refractivity contribution in [3.63, 3.8) is 0 Å². The third-order valence-electron chi connectivity index (χ3n) is 9.61. The van der Waals surface area contributed by atoms with Gasteiger partial charge < -0.3 is 14.2 Å². The van der Waals surface area contributed by atoms with Gasteiger partial charge >= 0.3 is 35.9 Å². The first-order valence-corrected chi connectivity index (χ1v) is 16.5. The molecule has 9 nitrogen and oxygen atoms in total. The number of halogens is 6. The second-order valence-electron chi connectivity index (χ2n) is 12.0. The molecule has 8 rings (SSSR count). The molecule has 2 aromatic carbocycles. The highest BCUT2D eigenvalue weighted by Gasteiger charge is 2.78. The van der Waals surface area contributed by atoms with Gasteiger partial charge in [-0.3, -0.25) is 18.9 Å². The van der Waals surface area contributed by atoms with Crippen LogP contribution in [0.3, 0.4) is 0 Å². The molecule has 7 atom stereocenters. The molecule has 0 saturated carbocycles. The third kappa shape index (κ3) is 4.47. The molecule has 3 fully saturated rings. The van der Waals surface area contributed by atoms with Crippen LogP contribution in [0.15, 0.2) is 48.5 Å². The Balaban J connectivity index is 1.19. The van der Waals surface area contributed by atoms with Gasteiger partial charge in [-0.2, -0.15) is 34.8 Å². The molecule has 7 unspecified atom stereocenters. The lowest BCUT2D eigenvalue weighted by molar-refractivity contribution is -0.362. The van der Waals surface area contributed by atoms with Gasteiger partial charge in [0.25, 0.3) is 10.1 Å². The Morgan fingerprint density at radius 1 is 0.891 bits per heavy atom. The fourth-order valence-electron chi connectivity index (χ4n) is 7.79. The Hall–Kier alpha value is -3.31. The van der Waals surface area contributed by atoms with Crippen LogP contribution >= 0.6 is 11.8 Å². The van der Waals surface area contributed by atoms with Crippen LogP contribution in [0, 0.1) is 17.8 Å². The molecule has 46 heavy (non-hydrogen) atoms. The van der Waals surface area contributed by atoms with Crippen molar-refractivity contribution in [3.05, 3.63) is 70.8 Å². The topological polar surface area (TPSA) is 133 Å². The Bertz CT molecular complexity index is 1700. The fraction of sp³-hybridized carbons (Fsp3) is 0.483. The Labute approximate surface area is 260 Å². The second-order valence-corrected chi connectivity index (χ2v) is 14.8.